The van der Waals surface area contributed by atoms with Crippen molar-refractivity contribution in [1.82, 2.24) is 14.9 Å². The topological polar surface area (TPSA) is 84.3 Å². The first-order valence-electron chi connectivity index (χ1n) is 10.1. The Morgan fingerprint density at radius 2 is 1.72 bits per heavy atom. The van der Waals surface area contributed by atoms with Crippen LogP contribution in [0.1, 0.15) is 63.0 Å². The van der Waals surface area contributed by atoms with Crippen LogP contribution in [0.25, 0.3) is 0 Å². The van der Waals surface area contributed by atoms with Crippen molar-refractivity contribution >= 4 is 11.8 Å². The molecule has 1 aromatic rings. The molecule has 0 atom stereocenters. The van der Waals surface area contributed by atoms with E-state index in [0.29, 0.717) is 17.9 Å². The maximum absolute atomic E-state index is 6.01. The van der Waals surface area contributed by atoms with E-state index in [1.54, 1.807) is 0 Å². The van der Waals surface area contributed by atoms with E-state index in [2.05, 4.69) is 25.8 Å². The second-order valence-corrected chi connectivity index (χ2v) is 8.11. The van der Waals surface area contributed by atoms with Crippen LogP contribution in [0.5, 0.6) is 0 Å². The average molecular weight is 345 g/mol. The Morgan fingerprint density at radius 1 is 0.920 bits per heavy atom. The van der Waals surface area contributed by atoms with Gasteiger partial charge in [-0.05, 0) is 32.1 Å². The van der Waals surface area contributed by atoms with Gasteiger partial charge >= 0.3 is 0 Å². The maximum atomic E-state index is 6.01. The molecule has 1 aliphatic heterocycles. The lowest BCUT2D eigenvalue weighted by molar-refractivity contribution is 0.166. The highest BCUT2D eigenvalue weighted by atomic mass is 15.3. The van der Waals surface area contributed by atoms with Gasteiger partial charge in [-0.2, -0.15) is 4.98 Å². The van der Waals surface area contributed by atoms with Gasteiger partial charge in [-0.3, -0.25) is 4.90 Å². The molecule has 0 bridgehead atoms. The fourth-order valence-electron chi connectivity index (χ4n) is 4.72. The normalized spacial score (nSPS) is 29.2. The van der Waals surface area contributed by atoms with Crippen LogP contribution in [0.4, 0.5) is 11.8 Å². The highest BCUT2D eigenvalue weighted by Crippen LogP contribution is 2.36. The summed E-state index contributed by atoms with van der Waals surface area (Å²) in [6, 6.07) is 3.28. The zero-order valence-corrected chi connectivity index (χ0v) is 15.2. The van der Waals surface area contributed by atoms with Crippen LogP contribution in [0, 0.1) is 0 Å². The van der Waals surface area contributed by atoms with E-state index in [9.17, 15) is 0 Å². The smallest absolute Gasteiger partial charge is 0.222 e. The molecule has 3 fully saturated rings. The molecular formula is C19H32N6. The summed E-state index contributed by atoms with van der Waals surface area (Å²) in [7, 11) is 0. The van der Waals surface area contributed by atoms with E-state index in [0.717, 1.165) is 50.0 Å². The molecule has 6 heteroatoms. The molecule has 138 valence electrons. The average Bonchev–Trinajstić information content (AvgIpc) is 2.85. The Balaban J connectivity index is 1.43. The molecule has 0 unspecified atom stereocenters. The highest BCUT2D eigenvalue weighted by molar-refractivity contribution is 5.45. The second kappa shape index (κ2) is 7.46. The van der Waals surface area contributed by atoms with Crippen molar-refractivity contribution in [2.45, 2.75) is 69.4 Å². The van der Waals surface area contributed by atoms with Gasteiger partial charge in [0.15, 0.2) is 0 Å². The lowest BCUT2D eigenvalue weighted by Gasteiger charge is -2.33. The molecule has 2 heterocycles. The Morgan fingerprint density at radius 3 is 2.48 bits per heavy atom. The highest BCUT2D eigenvalue weighted by Gasteiger charge is 2.30. The fourth-order valence-corrected chi connectivity index (χ4v) is 4.72. The summed E-state index contributed by atoms with van der Waals surface area (Å²) in [5, 5.41) is 0. The third kappa shape index (κ3) is 3.90. The van der Waals surface area contributed by atoms with Crippen LogP contribution in [0.2, 0.25) is 0 Å². The molecule has 4 rings (SSSR count). The number of nitrogens with two attached hydrogens (primary N) is 2. The fraction of sp³-hybridized carbons (Fsp3) is 0.789. The lowest BCUT2D eigenvalue weighted by Crippen LogP contribution is -2.39. The Kier molecular flexibility index (Phi) is 5.08. The van der Waals surface area contributed by atoms with E-state index < -0.39 is 0 Å². The zero-order valence-electron chi connectivity index (χ0n) is 15.2. The van der Waals surface area contributed by atoms with E-state index in [4.69, 9.17) is 11.5 Å². The van der Waals surface area contributed by atoms with Crippen LogP contribution >= 0.6 is 0 Å². The van der Waals surface area contributed by atoms with Crippen molar-refractivity contribution < 1.29 is 0 Å². The number of nitrogen functional groups attached to an aromatic ring is 1. The molecule has 0 amide bonds. The number of anilines is 2. The van der Waals surface area contributed by atoms with Crippen molar-refractivity contribution in [2.75, 3.05) is 36.8 Å². The molecule has 0 spiro atoms. The van der Waals surface area contributed by atoms with Gasteiger partial charge in [0.2, 0.25) is 5.95 Å². The molecule has 25 heavy (non-hydrogen) atoms. The summed E-state index contributed by atoms with van der Waals surface area (Å²) in [6.45, 7) is 4.45. The van der Waals surface area contributed by atoms with Crippen molar-refractivity contribution in [1.29, 1.82) is 0 Å². The zero-order chi connectivity index (χ0) is 17.2. The molecule has 3 aliphatic rings. The molecule has 0 aromatic carbocycles. The maximum Gasteiger partial charge on any atom is 0.222 e. The van der Waals surface area contributed by atoms with Crippen LogP contribution < -0.4 is 16.4 Å². The molecular weight excluding hydrogens is 312 g/mol. The first-order chi connectivity index (χ1) is 12.2. The van der Waals surface area contributed by atoms with E-state index >= 15 is 0 Å². The largest absolute Gasteiger partial charge is 0.368 e. The van der Waals surface area contributed by atoms with Gasteiger partial charge in [-0.1, -0.05) is 19.3 Å². The van der Waals surface area contributed by atoms with Crippen molar-refractivity contribution in [3.05, 3.63) is 11.8 Å². The number of nitrogens with zero attached hydrogens (tertiary/aromatic N) is 4. The summed E-state index contributed by atoms with van der Waals surface area (Å²) < 4.78 is 0. The summed E-state index contributed by atoms with van der Waals surface area (Å²) in [4.78, 5) is 14.1. The van der Waals surface area contributed by atoms with Gasteiger partial charge in [0.05, 0.1) is 5.69 Å². The SMILES string of the molecule is Nc1nc(C2CC(N)C2)cc(N2CCCN(C3CCCCC3)CC2)n1. The van der Waals surface area contributed by atoms with Crippen molar-refractivity contribution in [3.63, 3.8) is 0 Å². The monoisotopic (exact) mass is 344 g/mol. The lowest BCUT2D eigenvalue weighted by atomic mass is 9.78. The standard InChI is InChI=1S/C19H32N6/c20-15-11-14(12-15)17-13-18(23-19(21)22-17)25-8-4-7-24(9-10-25)16-5-2-1-3-6-16/h13-16H,1-12,20H2,(H2,21,22,23). The van der Waals surface area contributed by atoms with Gasteiger partial charge in [-0.15, -0.1) is 0 Å². The minimum Gasteiger partial charge on any atom is -0.368 e. The Hall–Kier alpha value is -1.40. The van der Waals surface area contributed by atoms with E-state index in [1.165, 1.54) is 45.1 Å². The second-order valence-electron chi connectivity index (χ2n) is 8.11. The minimum atomic E-state index is 0.326. The summed E-state index contributed by atoms with van der Waals surface area (Å²) >= 11 is 0. The van der Waals surface area contributed by atoms with Gasteiger partial charge in [-0.25, -0.2) is 4.98 Å². The first-order valence-corrected chi connectivity index (χ1v) is 10.1. The Bertz CT molecular complexity index is 579. The third-order valence-corrected chi connectivity index (χ3v) is 6.29. The molecule has 4 N–H and O–H groups in total. The molecule has 2 saturated carbocycles. The molecule has 1 saturated heterocycles. The quantitative estimate of drug-likeness (QED) is 0.874. The van der Waals surface area contributed by atoms with Crippen molar-refractivity contribution in [3.8, 4) is 0 Å². The summed E-state index contributed by atoms with van der Waals surface area (Å²) in [6.07, 6.45) is 10.2. The molecule has 6 nitrogen and oxygen atoms in total. The van der Waals surface area contributed by atoms with Gasteiger partial charge in [0, 0.05) is 50.2 Å². The third-order valence-electron chi connectivity index (χ3n) is 6.29. The number of hydrogen-bond donors (Lipinski definition) is 2. The minimum absolute atomic E-state index is 0.326. The molecule has 1 aromatic heterocycles. The van der Waals surface area contributed by atoms with Gasteiger partial charge in [0.25, 0.3) is 0 Å². The van der Waals surface area contributed by atoms with E-state index in [1.807, 2.05) is 0 Å². The predicted molar refractivity (Wildman–Crippen MR) is 102 cm³/mol. The number of hydrogen-bond acceptors (Lipinski definition) is 6. The van der Waals surface area contributed by atoms with Crippen LogP contribution in [0.15, 0.2) is 6.07 Å². The number of aromatic nitrogens is 2. The van der Waals surface area contributed by atoms with Crippen LogP contribution in [-0.2, 0) is 0 Å². The summed E-state index contributed by atoms with van der Waals surface area (Å²) in [5.41, 5.74) is 13.0. The van der Waals surface area contributed by atoms with Crippen molar-refractivity contribution in [2.24, 2.45) is 5.73 Å². The molecule has 0 radical (unpaired) electrons. The number of rotatable bonds is 3. The van der Waals surface area contributed by atoms with Crippen LogP contribution in [0.3, 0.4) is 0 Å². The Labute approximate surface area is 151 Å². The predicted octanol–water partition coefficient (Wildman–Crippen LogP) is 2.11. The van der Waals surface area contributed by atoms with Gasteiger partial charge < -0.3 is 16.4 Å². The van der Waals surface area contributed by atoms with Gasteiger partial charge in [0.1, 0.15) is 5.82 Å². The molecule has 2 aliphatic carbocycles. The van der Waals surface area contributed by atoms with Crippen LogP contribution in [-0.4, -0.2) is 53.1 Å². The first kappa shape index (κ1) is 17.0. The van der Waals surface area contributed by atoms with E-state index in [-0.39, 0.29) is 0 Å². The summed E-state index contributed by atoms with van der Waals surface area (Å²) in [5.74, 6) is 1.87.